The number of nitrogens with zero attached hydrogens (tertiary/aromatic N) is 1. The molecule has 2 heterocycles. The number of piperidine rings is 1. The summed E-state index contributed by atoms with van der Waals surface area (Å²) in [5, 5.41) is 3.38. The first-order valence-corrected chi connectivity index (χ1v) is 6.85. The molecule has 92 valence electrons. The van der Waals surface area contributed by atoms with Crippen molar-refractivity contribution in [3.8, 4) is 0 Å². The molecule has 0 atom stereocenters. The summed E-state index contributed by atoms with van der Waals surface area (Å²) in [6.45, 7) is 4.35. The maximum Gasteiger partial charge on any atom is 0.222 e. The molecule has 2 rings (SSSR count). The molecular formula is C13H24N2O. The molecule has 0 aromatic carbocycles. The summed E-state index contributed by atoms with van der Waals surface area (Å²) in [6, 6.07) is 0. The SMILES string of the molecule is O=C(CCCC1CCNCC1)N1CCCC1. The van der Waals surface area contributed by atoms with Crippen molar-refractivity contribution in [2.75, 3.05) is 26.2 Å². The number of hydrogen-bond acceptors (Lipinski definition) is 2. The molecule has 3 heteroatoms. The quantitative estimate of drug-likeness (QED) is 0.789. The first kappa shape index (κ1) is 11.9. The third-order valence-electron chi connectivity index (χ3n) is 3.92. The van der Waals surface area contributed by atoms with Crippen molar-refractivity contribution < 1.29 is 4.79 Å². The van der Waals surface area contributed by atoms with Crippen molar-refractivity contribution in [3.05, 3.63) is 0 Å². The lowest BCUT2D eigenvalue weighted by Crippen LogP contribution is -2.29. The fourth-order valence-corrected chi connectivity index (χ4v) is 2.84. The van der Waals surface area contributed by atoms with Gasteiger partial charge in [0.1, 0.15) is 0 Å². The molecule has 0 spiro atoms. The monoisotopic (exact) mass is 224 g/mol. The Labute approximate surface area is 98.6 Å². The molecule has 1 amide bonds. The Morgan fingerprint density at radius 2 is 1.88 bits per heavy atom. The Bertz CT molecular complexity index is 218. The average Bonchev–Trinajstić information content (AvgIpc) is 2.84. The number of carbonyl (C=O) groups is 1. The molecule has 0 saturated carbocycles. The largest absolute Gasteiger partial charge is 0.343 e. The molecule has 1 N–H and O–H groups in total. The zero-order valence-electron chi connectivity index (χ0n) is 10.2. The lowest BCUT2D eigenvalue weighted by Gasteiger charge is -2.22. The minimum Gasteiger partial charge on any atom is -0.343 e. The smallest absolute Gasteiger partial charge is 0.222 e. The second-order valence-corrected chi connectivity index (χ2v) is 5.17. The van der Waals surface area contributed by atoms with E-state index in [0.717, 1.165) is 31.8 Å². The van der Waals surface area contributed by atoms with Gasteiger partial charge in [-0.1, -0.05) is 0 Å². The molecule has 16 heavy (non-hydrogen) atoms. The van der Waals surface area contributed by atoms with Gasteiger partial charge in [0.2, 0.25) is 5.91 Å². The summed E-state index contributed by atoms with van der Waals surface area (Å²) in [4.78, 5) is 13.8. The molecule has 0 unspecified atom stereocenters. The molecule has 2 aliphatic rings. The normalized spacial score (nSPS) is 22.6. The first-order valence-electron chi connectivity index (χ1n) is 6.85. The predicted molar refractivity (Wildman–Crippen MR) is 65.3 cm³/mol. The first-order chi connectivity index (χ1) is 7.86. The molecule has 0 bridgehead atoms. The van der Waals surface area contributed by atoms with E-state index in [4.69, 9.17) is 0 Å². The van der Waals surface area contributed by atoms with Gasteiger partial charge in [0, 0.05) is 19.5 Å². The van der Waals surface area contributed by atoms with Crippen LogP contribution in [0.4, 0.5) is 0 Å². The minimum absolute atomic E-state index is 0.395. The van der Waals surface area contributed by atoms with E-state index >= 15 is 0 Å². The van der Waals surface area contributed by atoms with Gasteiger partial charge in [0.15, 0.2) is 0 Å². The molecule has 2 saturated heterocycles. The Hall–Kier alpha value is -0.570. The Morgan fingerprint density at radius 3 is 2.56 bits per heavy atom. The van der Waals surface area contributed by atoms with Crippen LogP contribution in [0.25, 0.3) is 0 Å². The Balaban J connectivity index is 1.57. The second-order valence-electron chi connectivity index (χ2n) is 5.17. The van der Waals surface area contributed by atoms with Crippen molar-refractivity contribution >= 4 is 5.91 Å². The highest BCUT2D eigenvalue weighted by Crippen LogP contribution is 2.19. The molecule has 0 aromatic rings. The van der Waals surface area contributed by atoms with Crippen LogP contribution in [-0.2, 0) is 4.79 Å². The van der Waals surface area contributed by atoms with Crippen LogP contribution in [-0.4, -0.2) is 37.0 Å². The number of amides is 1. The highest BCUT2D eigenvalue weighted by molar-refractivity contribution is 5.76. The lowest BCUT2D eigenvalue weighted by atomic mass is 9.92. The lowest BCUT2D eigenvalue weighted by molar-refractivity contribution is -0.130. The van der Waals surface area contributed by atoms with Crippen LogP contribution in [0, 0.1) is 5.92 Å². The highest BCUT2D eigenvalue weighted by atomic mass is 16.2. The number of likely N-dealkylation sites (tertiary alicyclic amines) is 1. The number of carbonyl (C=O) groups excluding carboxylic acids is 1. The topological polar surface area (TPSA) is 32.3 Å². The number of nitrogens with one attached hydrogen (secondary N) is 1. The van der Waals surface area contributed by atoms with Crippen LogP contribution in [0.1, 0.15) is 44.9 Å². The summed E-state index contributed by atoms with van der Waals surface area (Å²) in [7, 11) is 0. The van der Waals surface area contributed by atoms with Gasteiger partial charge in [0.25, 0.3) is 0 Å². The van der Waals surface area contributed by atoms with Crippen molar-refractivity contribution in [2.45, 2.75) is 44.9 Å². The van der Waals surface area contributed by atoms with E-state index < -0.39 is 0 Å². The van der Waals surface area contributed by atoms with E-state index in [0.29, 0.717) is 5.91 Å². The standard InChI is InChI=1S/C13H24N2O/c16-13(15-10-1-2-11-15)5-3-4-12-6-8-14-9-7-12/h12,14H,1-11H2. The summed E-state index contributed by atoms with van der Waals surface area (Å²) >= 11 is 0. The maximum atomic E-state index is 11.8. The fraction of sp³-hybridized carbons (Fsp3) is 0.923. The van der Waals surface area contributed by atoms with Gasteiger partial charge >= 0.3 is 0 Å². The van der Waals surface area contributed by atoms with E-state index in [1.165, 1.54) is 45.2 Å². The molecule has 0 aliphatic carbocycles. The summed E-state index contributed by atoms with van der Waals surface area (Å²) in [5.41, 5.74) is 0. The highest BCUT2D eigenvalue weighted by Gasteiger charge is 2.18. The minimum atomic E-state index is 0.395. The fourth-order valence-electron chi connectivity index (χ4n) is 2.84. The Morgan fingerprint density at radius 1 is 1.19 bits per heavy atom. The molecular weight excluding hydrogens is 200 g/mol. The van der Waals surface area contributed by atoms with Gasteiger partial charge in [-0.3, -0.25) is 4.79 Å². The molecule has 0 aromatic heterocycles. The molecule has 2 fully saturated rings. The summed E-state index contributed by atoms with van der Waals surface area (Å²) in [6.07, 6.45) is 8.15. The van der Waals surface area contributed by atoms with Crippen molar-refractivity contribution in [3.63, 3.8) is 0 Å². The molecule has 3 nitrogen and oxygen atoms in total. The van der Waals surface area contributed by atoms with E-state index in [9.17, 15) is 4.79 Å². The molecule has 2 aliphatic heterocycles. The van der Waals surface area contributed by atoms with Crippen LogP contribution in [0.5, 0.6) is 0 Å². The second kappa shape index (κ2) is 6.24. The summed E-state index contributed by atoms with van der Waals surface area (Å²) in [5.74, 6) is 1.26. The van der Waals surface area contributed by atoms with Crippen molar-refractivity contribution in [2.24, 2.45) is 5.92 Å². The van der Waals surface area contributed by atoms with E-state index in [1.54, 1.807) is 0 Å². The van der Waals surface area contributed by atoms with E-state index in [1.807, 2.05) is 4.90 Å². The Kier molecular flexibility index (Phi) is 4.64. The average molecular weight is 224 g/mol. The molecule has 0 radical (unpaired) electrons. The van der Waals surface area contributed by atoms with E-state index in [2.05, 4.69) is 5.32 Å². The van der Waals surface area contributed by atoms with Crippen LogP contribution < -0.4 is 5.32 Å². The van der Waals surface area contributed by atoms with Crippen LogP contribution in [0.3, 0.4) is 0 Å². The van der Waals surface area contributed by atoms with E-state index in [-0.39, 0.29) is 0 Å². The van der Waals surface area contributed by atoms with Gasteiger partial charge in [-0.05, 0) is 57.5 Å². The zero-order chi connectivity index (χ0) is 11.2. The van der Waals surface area contributed by atoms with Gasteiger partial charge in [0.05, 0.1) is 0 Å². The van der Waals surface area contributed by atoms with Crippen molar-refractivity contribution in [1.82, 2.24) is 10.2 Å². The zero-order valence-corrected chi connectivity index (χ0v) is 10.2. The van der Waals surface area contributed by atoms with Gasteiger partial charge in [-0.2, -0.15) is 0 Å². The predicted octanol–water partition coefficient (Wildman–Crippen LogP) is 1.78. The number of hydrogen-bond donors (Lipinski definition) is 1. The number of rotatable bonds is 4. The summed E-state index contributed by atoms with van der Waals surface area (Å²) < 4.78 is 0. The van der Waals surface area contributed by atoms with Crippen molar-refractivity contribution in [1.29, 1.82) is 0 Å². The third kappa shape index (κ3) is 3.48. The van der Waals surface area contributed by atoms with Gasteiger partial charge in [-0.15, -0.1) is 0 Å². The van der Waals surface area contributed by atoms with Crippen LogP contribution in [0.2, 0.25) is 0 Å². The van der Waals surface area contributed by atoms with Crippen LogP contribution in [0.15, 0.2) is 0 Å². The maximum absolute atomic E-state index is 11.8. The van der Waals surface area contributed by atoms with Gasteiger partial charge in [-0.25, -0.2) is 0 Å². The van der Waals surface area contributed by atoms with Gasteiger partial charge < -0.3 is 10.2 Å². The van der Waals surface area contributed by atoms with Crippen LogP contribution >= 0.6 is 0 Å². The third-order valence-corrected chi connectivity index (χ3v) is 3.92.